The van der Waals surface area contributed by atoms with Crippen LogP contribution in [0.5, 0.6) is 0 Å². The number of carbonyl (C=O) groups is 2. The number of carbonyl (C=O) groups excluding carboxylic acids is 2. The van der Waals surface area contributed by atoms with Crippen molar-refractivity contribution in [1.29, 1.82) is 0 Å². The second-order valence-electron chi connectivity index (χ2n) is 6.93. The van der Waals surface area contributed by atoms with Gasteiger partial charge in [-0.1, -0.05) is 35.3 Å². The van der Waals surface area contributed by atoms with E-state index in [1.54, 1.807) is 12.1 Å². The van der Waals surface area contributed by atoms with Gasteiger partial charge in [-0.3, -0.25) is 4.79 Å². The predicted molar refractivity (Wildman–Crippen MR) is 114 cm³/mol. The molecule has 0 spiro atoms. The number of para-hydroxylation sites is 1. The van der Waals surface area contributed by atoms with E-state index in [-0.39, 0.29) is 23.1 Å². The molecule has 2 N–H and O–H groups in total. The van der Waals surface area contributed by atoms with E-state index in [1.165, 1.54) is 11.0 Å². The monoisotopic (exact) mass is 444 g/mol. The number of benzene rings is 2. The highest BCUT2D eigenvalue weighted by molar-refractivity contribution is 6.35. The van der Waals surface area contributed by atoms with Crippen LogP contribution < -0.4 is 5.73 Å². The molecule has 1 amide bonds. The molecule has 1 aromatic heterocycles. The zero-order valence-corrected chi connectivity index (χ0v) is 17.4. The highest BCUT2D eigenvalue weighted by Crippen LogP contribution is 2.27. The number of halogens is 2. The fraction of sp³-hybridized carbons (Fsp3) is 0.238. The van der Waals surface area contributed by atoms with Gasteiger partial charge in [0.15, 0.2) is 12.4 Å². The second kappa shape index (κ2) is 8.45. The number of amides is 1. The molecule has 0 bridgehead atoms. The number of nitrogens with zero attached hydrogens (tertiary/aromatic N) is 3. The van der Waals surface area contributed by atoms with Gasteiger partial charge in [0.25, 0.3) is 5.91 Å². The zero-order valence-electron chi connectivity index (χ0n) is 15.8. The number of nitrogen functional groups attached to an aromatic ring is 1. The van der Waals surface area contributed by atoms with E-state index in [2.05, 4.69) is 9.97 Å². The van der Waals surface area contributed by atoms with E-state index in [1.807, 2.05) is 24.3 Å². The number of hydrogen-bond donors (Lipinski definition) is 1. The molecular formula is C21H18Cl2N4O3. The van der Waals surface area contributed by atoms with Crippen LogP contribution >= 0.6 is 23.2 Å². The molecule has 1 saturated heterocycles. The van der Waals surface area contributed by atoms with Gasteiger partial charge >= 0.3 is 5.97 Å². The standard InChI is InChI=1S/C21H18Cl2N4O3/c22-12-7-8-15(23)14(10-12)20(28)27-9-3-6-17(27)21(29)30-11-18-25-16-5-2-1-4-13(16)19(24)26-18/h1-2,4-5,7-8,10,17H,3,6,9,11H2,(H2,24,25,26)/t17-/m0/s1. The maximum atomic E-state index is 12.9. The van der Waals surface area contributed by atoms with Crippen LogP contribution in [0.25, 0.3) is 10.9 Å². The molecule has 4 rings (SSSR count). The molecule has 0 unspecified atom stereocenters. The van der Waals surface area contributed by atoms with Gasteiger partial charge in [-0.05, 0) is 43.2 Å². The molecule has 154 valence electrons. The smallest absolute Gasteiger partial charge is 0.329 e. The molecule has 0 aliphatic carbocycles. The van der Waals surface area contributed by atoms with Gasteiger partial charge in [-0.15, -0.1) is 0 Å². The van der Waals surface area contributed by atoms with Crippen LogP contribution in [0, 0.1) is 0 Å². The zero-order chi connectivity index (χ0) is 21.3. The summed E-state index contributed by atoms with van der Waals surface area (Å²) in [7, 11) is 0. The first-order valence-corrected chi connectivity index (χ1v) is 10.1. The molecule has 1 fully saturated rings. The topological polar surface area (TPSA) is 98.4 Å². The van der Waals surface area contributed by atoms with E-state index in [9.17, 15) is 9.59 Å². The summed E-state index contributed by atoms with van der Waals surface area (Å²) in [4.78, 5) is 35.7. The third kappa shape index (κ3) is 4.04. The molecule has 2 aromatic carbocycles. The number of fused-ring (bicyclic) bond motifs is 1. The minimum atomic E-state index is -0.703. The Morgan fingerprint density at radius 3 is 2.80 bits per heavy atom. The van der Waals surface area contributed by atoms with Gasteiger partial charge in [0, 0.05) is 17.0 Å². The van der Waals surface area contributed by atoms with Gasteiger partial charge < -0.3 is 15.4 Å². The summed E-state index contributed by atoms with van der Waals surface area (Å²) in [6, 6.07) is 11.3. The average molecular weight is 445 g/mol. The van der Waals surface area contributed by atoms with Gasteiger partial charge in [-0.2, -0.15) is 0 Å². The van der Waals surface area contributed by atoms with Crippen molar-refractivity contribution in [3.8, 4) is 0 Å². The highest BCUT2D eigenvalue weighted by Gasteiger charge is 2.36. The van der Waals surface area contributed by atoms with Gasteiger partial charge in [-0.25, -0.2) is 14.8 Å². The third-order valence-corrected chi connectivity index (χ3v) is 5.53. The van der Waals surface area contributed by atoms with Crippen molar-refractivity contribution in [2.24, 2.45) is 0 Å². The van der Waals surface area contributed by atoms with E-state index in [0.717, 1.165) is 5.39 Å². The molecule has 0 radical (unpaired) electrons. The number of esters is 1. The van der Waals surface area contributed by atoms with E-state index >= 15 is 0 Å². The van der Waals surface area contributed by atoms with Crippen LogP contribution in [-0.4, -0.2) is 39.3 Å². The Morgan fingerprint density at radius 2 is 1.97 bits per heavy atom. The Balaban J connectivity index is 1.48. The Morgan fingerprint density at radius 1 is 1.17 bits per heavy atom. The van der Waals surface area contributed by atoms with Gasteiger partial charge in [0.1, 0.15) is 11.9 Å². The fourth-order valence-corrected chi connectivity index (χ4v) is 3.89. The maximum Gasteiger partial charge on any atom is 0.329 e. The van der Waals surface area contributed by atoms with Crippen molar-refractivity contribution in [2.45, 2.75) is 25.5 Å². The first-order valence-electron chi connectivity index (χ1n) is 9.38. The lowest BCUT2D eigenvalue weighted by Crippen LogP contribution is -2.41. The molecule has 2 heterocycles. The number of aromatic nitrogens is 2. The first-order chi connectivity index (χ1) is 14.4. The normalized spacial score (nSPS) is 16.1. The molecule has 1 aliphatic heterocycles. The largest absolute Gasteiger partial charge is 0.456 e. The van der Waals surface area contributed by atoms with Crippen molar-refractivity contribution in [2.75, 3.05) is 12.3 Å². The Labute approximate surface area is 182 Å². The van der Waals surface area contributed by atoms with Crippen molar-refractivity contribution in [3.05, 3.63) is 63.9 Å². The summed E-state index contributed by atoms with van der Waals surface area (Å²) >= 11 is 12.1. The lowest BCUT2D eigenvalue weighted by Gasteiger charge is -2.23. The maximum absolute atomic E-state index is 12.9. The number of anilines is 1. The summed E-state index contributed by atoms with van der Waals surface area (Å²) in [5, 5.41) is 1.41. The van der Waals surface area contributed by atoms with Crippen LogP contribution in [0.15, 0.2) is 42.5 Å². The summed E-state index contributed by atoms with van der Waals surface area (Å²) in [6.45, 7) is 0.297. The number of nitrogens with two attached hydrogens (primary N) is 1. The Hall–Kier alpha value is -2.90. The van der Waals surface area contributed by atoms with Crippen LogP contribution in [0.1, 0.15) is 29.0 Å². The third-order valence-electron chi connectivity index (χ3n) is 4.97. The summed E-state index contributed by atoms with van der Waals surface area (Å²) < 4.78 is 5.41. The Bertz CT molecular complexity index is 1140. The van der Waals surface area contributed by atoms with Crippen molar-refractivity contribution >= 4 is 51.8 Å². The second-order valence-corrected chi connectivity index (χ2v) is 7.77. The van der Waals surface area contributed by atoms with Crippen LogP contribution in [0.3, 0.4) is 0 Å². The SMILES string of the molecule is Nc1nc(COC(=O)[C@@H]2CCCN2C(=O)c2cc(Cl)ccc2Cl)nc2ccccc12. The van der Waals surface area contributed by atoms with Gasteiger partial charge in [0.2, 0.25) is 0 Å². The minimum Gasteiger partial charge on any atom is -0.456 e. The predicted octanol–water partition coefficient (Wildman–Crippen LogP) is 3.87. The van der Waals surface area contributed by atoms with Crippen LogP contribution in [0.2, 0.25) is 10.0 Å². The number of hydrogen-bond acceptors (Lipinski definition) is 6. The highest BCUT2D eigenvalue weighted by atomic mass is 35.5. The Kier molecular flexibility index (Phi) is 5.74. The lowest BCUT2D eigenvalue weighted by atomic mass is 10.1. The van der Waals surface area contributed by atoms with Crippen LogP contribution in [-0.2, 0) is 16.1 Å². The molecule has 0 saturated carbocycles. The van der Waals surface area contributed by atoms with E-state index in [4.69, 9.17) is 33.7 Å². The molecular weight excluding hydrogens is 427 g/mol. The van der Waals surface area contributed by atoms with Crippen molar-refractivity contribution in [1.82, 2.24) is 14.9 Å². The molecule has 9 heteroatoms. The molecule has 1 atom stereocenters. The summed E-state index contributed by atoms with van der Waals surface area (Å²) in [5.74, 6) is -0.254. The first kappa shape index (κ1) is 20.4. The molecule has 3 aromatic rings. The van der Waals surface area contributed by atoms with Gasteiger partial charge in [0.05, 0.1) is 16.1 Å². The lowest BCUT2D eigenvalue weighted by molar-refractivity contribution is -0.149. The number of ether oxygens (including phenoxy) is 1. The summed E-state index contributed by atoms with van der Waals surface area (Å²) in [5.41, 5.74) is 6.90. The van der Waals surface area contributed by atoms with Crippen molar-refractivity contribution in [3.63, 3.8) is 0 Å². The minimum absolute atomic E-state index is 0.135. The quantitative estimate of drug-likeness (QED) is 0.613. The number of rotatable bonds is 4. The fourth-order valence-electron chi connectivity index (χ4n) is 3.52. The van der Waals surface area contributed by atoms with E-state index in [0.29, 0.717) is 41.6 Å². The van der Waals surface area contributed by atoms with Crippen LogP contribution in [0.4, 0.5) is 5.82 Å². The molecule has 30 heavy (non-hydrogen) atoms. The summed E-state index contributed by atoms with van der Waals surface area (Å²) in [6.07, 6.45) is 1.19. The van der Waals surface area contributed by atoms with Crippen molar-refractivity contribution < 1.29 is 14.3 Å². The molecule has 1 aliphatic rings. The average Bonchev–Trinajstić information content (AvgIpc) is 3.23. The van der Waals surface area contributed by atoms with E-state index < -0.39 is 12.0 Å². The number of likely N-dealkylation sites (tertiary alicyclic amines) is 1. The molecule has 7 nitrogen and oxygen atoms in total.